The van der Waals surface area contributed by atoms with Gasteiger partial charge in [-0.25, -0.2) is 0 Å². The van der Waals surface area contributed by atoms with Crippen LogP contribution in [0.2, 0.25) is 5.02 Å². The molecular formula is C30H35ClN2O2S. The van der Waals surface area contributed by atoms with Gasteiger partial charge in [-0.15, -0.1) is 11.3 Å². The van der Waals surface area contributed by atoms with E-state index in [1.165, 1.54) is 16.0 Å². The molecule has 1 aliphatic heterocycles. The van der Waals surface area contributed by atoms with E-state index in [1.54, 1.807) is 16.2 Å². The second-order valence-electron chi connectivity index (χ2n) is 10.5. The normalized spacial score (nSPS) is 15.5. The molecule has 4 nitrogen and oxygen atoms in total. The standard InChI is InChI=1S/C30H35ClN2O2S/c1-5-6-17-32(29(35)22-7-11-23(12-8-22)30(2,3)4)20-27(34)33-18-15-26-25(16-19-36-26)28(33)21-9-13-24(31)14-10-21/h7-14,16,19,28H,5-6,15,17-18,20H2,1-4H3/t28-/m1/s1. The predicted molar refractivity (Wildman–Crippen MR) is 149 cm³/mol. The number of unbranched alkanes of at least 4 members (excludes halogenated alkanes) is 1. The molecule has 0 saturated heterocycles. The maximum Gasteiger partial charge on any atom is 0.254 e. The average molecular weight is 523 g/mol. The lowest BCUT2D eigenvalue weighted by Crippen LogP contribution is -2.47. The molecule has 0 aliphatic carbocycles. The Morgan fingerprint density at radius 1 is 1.06 bits per heavy atom. The number of halogens is 1. The van der Waals surface area contributed by atoms with Gasteiger partial charge in [0, 0.05) is 28.6 Å². The molecule has 2 aromatic carbocycles. The Labute approximate surface area is 223 Å². The number of hydrogen-bond acceptors (Lipinski definition) is 3. The highest BCUT2D eigenvalue weighted by Gasteiger charge is 2.34. The Morgan fingerprint density at radius 3 is 2.39 bits per heavy atom. The van der Waals surface area contributed by atoms with Gasteiger partial charge in [0.05, 0.1) is 6.04 Å². The zero-order valence-corrected chi connectivity index (χ0v) is 23.2. The van der Waals surface area contributed by atoms with Crippen LogP contribution in [0.3, 0.4) is 0 Å². The van der Waals surface area contributed by atoms with Crippen LogP contribution in [0.1, 0.15) is 78.5 Å². The van der Waals surface area contributed by atoms with Crippen LogP contribution in [0.25, 0.3) is 0 Å². The Morgan fingerprint density at radius 2 is 1.75 bits per heavy atom. The van der Waals surface area contributed by atoms with Crippen molar-refractivity contribution >= 4 is 34.8 Å². The molecule has 0 N–H and O–H groups in total. The molecule has 4 rings (SSSR count). The first kappa shape index (κ1) is 26.4. The summed E-state index contributed by atoms with van der Waals surface area (Å²) in [5.74, 6) is -0.115. The largest absolute Gasteiger partial charge is 0.330 e. The summed E-state index contributed by atoms with van der Waals surface area (Å²) in [7, 11) is 0. The van der Waals surface area contributed by atoms with E-state index in [9.17, 15) is 9.59 Å². The number of carbonyl (C=O) groups excluding carboxylic acids is 2. The summed E-state index contributed by atoms with van der Waals surface area (Å²) in [6.07, 6.45) is 2.64. The fourth-order valence-corrected chi connectivity index (χ4v) is 5.77. The fourth-order valence-electron chi connectivity index (χ4n) is 4.74. The number of carbonyl (C=O) groups is 2. The zero-order valence-electron chi connectivity index (χ0n) is 21.6. The number of rotatable bonds is 7. The van der Waals surface area contributed by atoms with Crippen molar-refractivity contribution in [2.75, 3.05) is 19.6 Å². The summed E-state index contributed by atoms with van der Waals surface area (Å²) in [6.45, 7) is 9.84. The van der Waals surface area contributed by atoms with Gasteiger partial charge in [0.25, 0.3) is 5.91 Å². The number of benzene rings is 2. The minimum Gasteiger partial charge on any atom is -0.330 e. The van der Waals surface area contributed by atoms with Crippen molar-refractivity contribution in [3.05, 3.63) is 92.1 Å². The van der Waals surface area contributed by atoms with Gasteiger partial charge in [-0.3, -0.25) is 9.59 Å². The van der Waals surface area contributed by atoms with E-state index in [-0.39, 0.29) is 29.8 Å². The third-order valence-electron chi connectivity index (χ3n) is 6.86. The lowest BCUT2D eigenvalue weighted by Gasteiger charge is -2.37. The number of amides is 2. The monoisotopic (exact) mass is 522 g/mol. The minimum absolute atomic E-state index is 0.0187. The van der Waals surface area contributed by atoms with E-state index in [0.29, 0.717) is 23.7 Å². The summed E-state index contributed by atoms with van der Waals surface area (Å²) in [5, 5.41) is 2.77. The maximum atomic E-state index is 13.8. The van der Waals surface area contributed by atoms with Crippen LogP contribution < -0.4 is 0 Å². The topological polar surface area (TPSA) is 40.6 Å². The van der Waals surface area contributed by atoms with Crippen molar-refractivity contribution in [1.29, 1.82) is 0 Å². The van der Waals surface area contributed by atoms with Crippen molar-refractivity contribution in [3.63, 3.8) is 0 Å². The highest BCUT2D eigenvalue weighted by atomic mass is 35.5. The molecule has 1 aromatic heterocycles. The number of thiophene rings is 1. The molecule has 0 unspecified atom stereocenters. The molecule has 36 heavy (non-hydrogen) atoms. The summed E-state index contributed by atoms with van der Waals surface area (Å²) < 4.78 is 0. The van der Waals surface area contributed by atoms with Crippen LogP contribution >= 0.6 is 22.9 Å². The van der Waals surface area contributed by atoms with Crippen molar-refractivity contribution in [2.45, 2.75) is 58.4 Å². The van der Waals surface area contributed by atoms with Crippen LogP contribution in [-0.4, -0.2) is 41.2 Å². The minimum atomic E-state index is -0.168. The first-order valence-electron chi connectivity index (χ1n) is 12.7. The quantitative estimate of drug-likeness (QED) is 0.331. The van der Waals surface area contributed by atoms with E-state index >= 15 is 0 Å². The molecule has 6 heteroatoms. The van der Waals surface area contributed by atoms with Gasteiger partial charge in [-0.05, 0) is 70.7 Å². The molecule has 0 radical (unpaired) electrons. The second kappa shape index (κ2) is 11.2. The Kier molecular flexibility index (Phi) is 8.21. The van der Waals surface area contributed by atoms with E-state index in [1.807, 2.05) is 53.4 Å². The van der Waals surface area contributed by atoms with Crippen LogP contribution in [0.4, 0.5) is 0 Å². The number of nitrogens with zero attached hydrogens (tertiary/aromatic N) is 2. The van der Waals surface area contributed by atoms with Crippen LogP contribution in [0.5, 0.6) is 0 Å². The Hall–Kier alpha value is -2.63. The molecule has 0 bridgehead atoms. The first-order chi connectivity index (χ1) is 17.2. The smallest absolute Gasteiger partial charge is 0.254 e. The van der Waals surface area contributed by atoms with E-state index in [2.05, 4.69) is 39.1 Å². The molecule has 190 valence electrons. The Bertz CT molecular complexity index is 1190. The molecule has 2 heterocycles. The van der Waals surface area contributed by atoms with Gasteiger partial charge >= 0.3 is 0 Å². The average Bonchev–Trinajstić information content (AvgIpc) is 3.34. The molecule has 1 aliphatic rings. The number of fused-ring (bicyclic) bond motifs is 1. The highest BCUT2D eigenvalue weighted by molar-refractivity contribution is 7.10. The molecule has 3 aromatic rings. The van der Waals surface area contributed by atoms with Crippen LogP contribution in [0.15, 0.2) is 60.0 Å². The second-order valence-corrected chi connectivity index (χ2v) is 11.9. The van der Waals surface area contributed by atoms with Gasteiger partial charge in [0.2, 0.25) is 5.91 Å². The third-order valence-corrected chi connectivity index (χ3v) is 8.11. The molecule has 1 atom stereocenters. The van der Waals surface area contributed by atoms with Crippen molar-refractivity contribution in [2.24, 2.45) is 0 Å². The fraction of sp³-hybridized carbons (Fsp3) is 0.400. The van der Waals surface area contributed by atoms with Gasteiger partial charge in [-0.1, -0.05) is 70.0 Å². The lowest BCUT2D eigenvalue weighted by molar-refractivity contribution is -0.134. The molecule has 2 amide bonds. The molecular weight excluding hydrogens is 488 g/mol. The molecule has 0 spiro atoms. The van der Waals surface area contributed by atoms with Gasteiger partial charge in [0.1, 0.15) is 6.54 Å². The van der Waals surface area contributed by atoms with E-state index in [4.69, 9.17) is 11.6 Å². The van der Waals surface area contributed by atoms with E-state index in [0.717, 1.165) is 24.8 Å². The first-order valence-corrected chi connectivity index (χ1v) is 14.0. The summed E-state index contributed by atoms with van der Waals surface area (Å²) in [5.41, 5.74) is 4.04. The van der Waals surface area contributed by atoms with Crippen molar-refractivity contribution < 1.29 is 9.59 Å². The van der Waals surface area contributed by atoms with Gasteiger partial charge in [0.15, 0.2) is 0 Å². The van der Waals surface area contributed by atoms with Crippen molar-refractivity contribution in [3.8, 4) is 0 Å². The van der Waals surface area contributed by atoms with Crippen LogP contribution in [-0.2, 0) is 16.6 Å². The SMILES string of the molecule is CCCCN(CC(=O)N1CCc2sccc2[C@H]1c1ccc(Cl)cc1)C(=O)c1ccc(C(C)(C)C)cc1. The van der Waals surface area contributed by atoms with E-state index < -0.39 is 0 Å². The summed E-state index contributed by atoms with van der Waals surface area (Å²) in [4.78, 5) is 32.3. The zero-order chi connectivity index (χ0) is 25.9. The third kappa shape index (κ3) is 5.84. The van der Waals surface area contributed by atoms with Gasteiger partial charge < -0.3 is 9.80 Å². The van der Waals surface area contributed by atoms with Crippen molar-refractivity contribution in [1.82, 2.24) is 9.80 Å². The molecule has 0 fully saturated rings. The maximum absolute atomic E-state index is 13.8. The molecule has 0 saturated carbocycles. The van der Waals surface area contributed by atoms with Crippen LogP contribution in [0, 0.1) is 0 Å². The summed E-state index contributed by atoms with van der Waals surface area (Å²) in [6, 6.07) is 17.5. The Balaban J connectivity index is 1.58. The number of hydrogen-bond donors (Lipinski definition) is 0. The lowest BCUT2D eigenvalue weighted by atomic mass is 9.86. The predicted octanol–water partition coefficient (Wildman–Crippen LogP) is 7.12. The highest BCUT2D eigenvalue weighted by Crippen LogP contribution is 2.38. The summed E-state index contributed by atoms with van der Waals surface area (Å²) >= 11 is 7.89. The van der Waals surface area contributed by atoms with Gasteiger partial charge in [-0.2, -0.15) is 0 Å².